The molecular formula is C14H29N3O2. The highest BCUT2D eigenvalue weighted by Crippen LogP contribution is 2.10. The molecule has 0 saturated carbocycles. The zero-order chi connectivity index (χ0) is 14.1. The van der Waals surface area contributed by atoms with Crippen LogP contribution in [0.3, 0.4) is 0 Å². The van der Waals surface area contributed by atoms with Crippen molar-refractivity contribution in [1.29, 1.82) is 0 Å². The van der Waals surface area contributed by atoms with Crippen molar-refractivity contribution in [2.45, 2.75) is 32.3 Å². The van der Waals surface area contributed by atoms with Crippen LogP contribution in [0.5, 0.6) is 0 Å². The number of hydrogen-bond donors (Lipinski definition) is 2. The van der Waals surface area contributed by atoms with Crippen molar-refractivity contribution in [3.05, 3.63) is 0 Å². The predicted molar refractivity (Wildman–Crippen MR) is 77.2 cm³/mol. The van der Waals surface area contributed by atoms with E-state index in [0.29, 0.717) is 13.2 Å². The maximum absolute atomic E-state index is 12.0. The zero-order valence-corrected chi connectivity index (χ0v) is 12.6. The summed E-state index contributed by atoms with van der Waals surface area (Å²) >= 11 is 0. The Morgan fingerprint density at radius 1 is 1.53 bits per heavy atom. The highest BCUT2D eigenvalue weighted by Gasteiger charge is 2.21. The van der Waals surface area contributed by atoms with Crippen LogP contribution in [-0.2, 0) is 9.53 Å². The van der Waals surface area contributed by atoms with Crippen LogP contribution in [0.25, 0.3) is 0 Å². The van der Waals surface area contributed by atoms with Gasteiger partial charge in [-0.15, -0.1) is 0 Å². The molecule has 2 N–H and O–H groups in total. The molecule has 1 heterocycles. The fourth-order valence-corrected chi connectivity index (χ4v) is 2.32. The smallest absolute Gasteiger partial charge is 0.224 e. The molecule has 0 spiro atoms. The number of nitrogens with zero attached hydrogens (tertiary/aromatic N) is 1. The first-order chi connectivity index (χ1) is 9.13. The number of rotatable bonds is 8. The van der Waals surface area contributed by atoms with Crippen molar-refractivity contribution in [2.24, 2.45) is 5.92 Å². The van der Waals surface area contributed by atoms with Crippen molar-refractivity contribution in [2.75, 3.05) is 46.9 Å². The minimum atomic E-state index is 0.118. The SMILES string of the molecule is CCOC(CCN(C)C)CNC(=O)C1CCCNC1. The fraction of sp³-hybridized carbons (Fsp3) is 0.929. The standard InChI is InChI=1S/C14H29N3O2/c1-4-19-13(7-9-17(2)3)11-16-14(18)12-6-5-8-15-10-12/h12-13,15H,4-11H2,1-3H3,(H,16,18). The van der Waals surface area contributed by atoms with Gasteiger partial charge in [0.2, 0.25) is 5.91 Å². The van der Waals surface area contributed by atoms with E-state index in [1.165, 1.54) is 0 Å². The van der Waals surface area contributed by atoms with Gasteiger partial charge >= 0.3 is 0 Å². The van der Waals surface area contributed by atoms with Crippen LogP contribution in [0.2, 0.25) is 0 Å². The van der Waals surface area contributed by atoms with E-state index >= 15 is 0 Å². The first-order valence-electron chi connectivity index (χ1n) is 7.38. The third kappa shape index (κ3) is 6.89. The van der Waals surface area contributed by atoms with Gasteiger partial charge in [-0.1, -0.05) is 0 Å². The Morgan fingerprint density at radius 2 is 2.32 bits per heavy atom. The third-order valence-corrected chi connectivity index (χ3v) is 3.47. The molecule has 1 aliphatic rings. The van der Waals surface area contributed by atoms with E-state index in [9.17, 15) is 4.79 Å². The summed E-state index contributed by atoms with van der Waals surface area (Å²) in [6.07, 6.45) is 3.15. The number of piperidine rings is 1. The number of carbonyl (C=O) groups is 1. The number of nitrogens with one attached hydrogen (secondary N) is 2. The van der Waals surface area contributed by atoms with Gasteiger partial charge in [-0.05, 0) is 46.8 Å². The van der Waals surface area contributed by atoms with Gasteiger partial charge in [0, 0.05) is 26.2 Å². The first kappa shape index (κ1) is 16.4. The van der Waals surface area contributed by atoms with E-state index in [-0.39, 0.29) is 17.9 Å². The van der Waals surface area contributed by atoms with Gasteiger partial charge in [0.1, 0.15) is 0 Å². The molecule has 5 heteroatoms. The molecular weight excluding hydrogens is 242 g/mol. The molecule has 1 fully saturated rings. The Bertz CT molecular complexity index is 253. The molecule has 1 amide bonds. The molecule has 2 unspecified atom stereocenters. The van der Waals surface area contributed by atoms with Gasteiger partial charge in [0.05, 0.1) is 12.0 Å². The molecule has 1 saturated heterocycles. The summed E-state index contributed by atoms with van der Waals surface area (Å²) in [7, 11) is 4.10. The van der Waals surface area contributed by atoms with E-state index in [4.69, 9.17) is 4.74 Å². The van der Waals surface area contributed by atoms with E-state index in [1.54, 1.807) is 0 Å². The lowest BCUT2D eigenvalue weighted by Gasteiger charge is -2.24. The van der Waals surface area contributed by atoms with Crippen LogP contribution in [0, 0.1) is 5.92 Å². The Balaban J connectivity index is 2.26. The van der Waals surface area contributed by atoms with Gasteiger partial charge in [0.15, 0.2) is 0 Å². The minimum absolute atomic E-state index is 0.118. The van der Waals surface area contributed by atoms with Crippen molar-refractivity contribution in [1.82, 2.24) is 15.5 Å². The zero-order valence-electron chi connectivity index (χ0n) is 12.6. The maximum Gasteiger partial charge on any atom is 0.224 e. The highest BCUT2D eigenvalue weighted by atomic mass is 16.5. The predicted octanol–water partition coefficient (Wildman–Crippen LogP) is 0.459. The Kier molecular flexibility index (Phi) is 8.02. The molecule has 5 nitrogen and oxygen atoms in total. The van der Waals surface area contributed by atoms with Gasteiger partial charge < -0.3 is 20.3 Å². The highest BCUT2D eigenvalue weighted by molar-refractivity contribution is 5.78. The molecule has 0 bridgehead atoms. The number of hydrogen-bond acceptors (Lipinski definition) is 4. The first-order valence-corrected chi connectivity index (χ1v) is 7.38. The van der Waals surface area contributed by atoms with E-state index in [2.05, 4.69) is 29.6 Å². The average Bonchev–Trinajstić information content (AvgIpc) is 2.42. The summed E-state index contributed by atoms with van der Waals surface area (Å²) in [4.78, 5) is 14.2. The lowest BCUT2D eigenvalue weighted by atomic mass is 9.99. The van der Waals surface area contributed by atoms with Gasteiger partial charge in [0.25, 0.3) is 0 Å². The molecule has 2 atom stereocenters. The number of ether oxygens (including phenoxy) is 1. The molecule has 0 aliphatic carbocycles. The molecule has 0 aromatic carbocycles. The van der Waals surface area contributed by atoms with Crippen LogP contribution in [0.1, 0.15) is 26.2 Å². The van der Waals surface area contributed by atoms with Crippen molar-refractivity contribution >= 4 is 5.91 Å². The van der Waals surface area contributed by atoms with E-state index < -0.39 is 0 Å². The van der Waals surface area contributed by atoms with Crippen LogP contribution >= 0.6 is 0 Å². The van der Waals surface area contributed by atoms with Crippen LogP contribution in [0.4, 0.5) is 0 Å². The quantitative estimate of drug-likeness (QED) is 0.673. The molecule has 112 valence electrons. The van der Waals surface area contributed by atoms with Gasteiger partial charge in [-0.3, -0.25) is 4.79 Å². The van der Waals surface area contributed by atoms with Crippen LogP contribution in [-0.4, -0.2) is 63.8 Å². The van der Waals surface area contributed by atoms with Crippen molar-refractivity contribution in [3.8, 4) is 0 Å². The summed E-state index contributed by atoms with van der Waals surface area (Å²) < 4.78 is 5.67. The number of carbonyl (C=O) groups excluding carboxylic acids is 1. The minimum Gasteiger partial charge on any atom is -0.377 e. The van der Waals surface area contributed by atoms with Crippen molar-refractivity contribution < 1.29 is 9.53 Å². The van der Waals surface area contributed by atoms with E-state index in [0.717, 1.165) is 38.9 Å². The Hall–Kier alpha value is -0.650. The third-order valence-electron chi connectivity index (χ3n) is 3.47. The summed E-state index contributed by atoms with van der Waals surface area (Å²) in [6, 6.07) is 0. The van der Waals surface area contributed by atoms with E-state index in [1.807, 2.05) is 6.92 Å². The lowest BCUT2D eigenvalue weighted by molar-refractivity contribution is -0.126. The molecule has 19 heavy (non-hydrogen) atoms. The number of amides is 1. The second-order valence-electron chi connectivity index (χ2n) is 5.46. The fourth-order valence-electron chi connectivity index (χ4n) is 2.32. The van der Waals surface area contributed by atoms with Gasteiger partial charge in [-0.25, -0.2) is 0 Å². The molecule has 1 aliphatic heterocycles. The maximum atomic E-state index is 12.0. The second kappa shape index (κ2) is 9.28. The monoisotopic (exact) mass is 271 g/mol. The summed E-state index contributed by atoms with van der Waals surface area (Å²) in [5.41, 5.74) is 0. The second-order valence-corrected chi connectivity index (χ2v) is 5.46. The van der Waals surface area contributed by atoms with Crippen LogP contribution < -0.4 is 10.6 Å². The largest absolute Gasteiger partial charge is 0.377 e. The summed E-state index contributed by atoms with van der Waals surface area (Å²) in [5, 5.41) is 6.31. The molecule has 0 radical (unpaired) electrons. The average molecular weight is 271 g/mol. The normalized spacial score (nSPS) is 21.4. The molecule has 0 aromatic heterocycles. The topological polar surface area (TPSA) is 53.6 Å². The lowest BCUT2D eigenvalue weighted by Crippen LogP contribution is -2.43. The molecule has 0 aromatic rings. The molecule has 1 rings (SSSR count). The summed E-state index contributed by atoms with van der Waals surface area (Å²) in [5.74, 6) is 0.298. The Morgan fingerprint density at radius 3 is 2.89 bits per heavy atom. The van der Waals surface area contributed by atoms with Crippen molar-refractivity contribution in [3.63, 3.8) is 0 Å². The summed E-state index contributed by atoms with van der Waals surface area (Å²) in [6.45, 7) is 6.13. The van der Waals surface area contributed by atoms with Crippen LogP contribution in [0.15, 0.2) is 0 Å². The Labute approximate surface area is 117 Å². The van der Waals surface area contributed by atoms with Gasteiger partial charge in [-0.2, -0.15) is 0 Å².